The molecule has 1 atom stereocenters. The first-order valence-electron chi connectivity index (χ1n) is 7.27. The standard InChI is InChI=1S/C18H16N2O4/c19-11-14-7-4-8-15(9-14)16(10-17(21)22)20-18(23)24-12-13-5-2-1-3-6-13/h1-9,16H,10,12H2,(H,20,23)(H,21,22). The van der Waals surface area contributed by atoms with Crippen molar-refractivity contribution in [3.63, 3.8) is 0 Å². The van der Waals surface area contributed by atoms with Gasteiger partial charge in [0.25, 0.3) is 0 Å². The normalized spacial score (nSPS) is 11.1. The molecule has 2 N–H and O–H groups in total. The first-order valence-corrected chi connectivity index (χ1v) is 7.27. The zero-order valence-corrected chi connectivity index (χ0v) is 12.8. The molecule has 0 radical (unpaired) electrons. The topological polar surface area (TPSA) is 99.4 Å². The summed E-state index contributed by atoms with van der Waals surface area (Å²) in [5.41, 5.74) is 1.75. The lowest BCUT2D eigenvalue weighted by Gasteiger charge is -2.17. The van der Waals surface area contributed by atoms with Crippen molar-refractivity contribution >= 4 is 12.1 Å². The molecular formula is C18H16N2O4. The van der Waals surface area contributed by atoms with E-state index in [-0.39, 0.29) is 13.0 Å². The molecule has 2 aromatic carbocycles. The smallest absolute Gasteiger partial charge is 0.407 e. The molecule has 1 unspecified atom stereocenters. The lowest BCUT2D eigenvalue weighted by atomic mass is 10.0. The fourth-order valence-electron chi connectivity index (χ4n) is 2.16. The SMILES string of the molecule is N#Cc1cccc(C(CC(=O)O)NC(=O)OCc2ccccc2)c1. The molecule has 0 saturated heterocycles. The van der Waals surface area contributed by atoms with Crippen LogP contribution in [-0.2, 0) is 16.1 Å². The van der Waals surface area contributed by atoms with Gasteiger partial charge < -0.3 is 15.2 Å². The highest BCUT2D eigenvalue weighted by Gasteiger charge is 2.19. The van der Waals surface area contributed by atoms with Crippen LogP contribution in [0.25, 0.3) is 0 Å². The molecule has 0 aliphatic rings. The number of alkyl carbamates (subject to hydrolysis) is 1. The molecule has 24 heavy (non-hydrogen) atoms. The maximum atomic E-state index is 11.9. The molecule has 0 saturated carbocycles. The highest BCUT2D eigenvalue weighted by Crippen LogP contribution is 2.18. The second-order valence-corrected chi connectivity index (χ2v) is 5.09. The fraction of sp³-hybridized carbons (Fsp3) is 0.167. The number of carboxylic acid groups (broad SMARTS) is 1. The molecule has 0 bridgehead atoms. The molecule has 0 aromatic heterocycles. The van der Waals surface area contributed by atoms with Crippen LogP contribution < -0.4 is 5.32 Å². The van der Waals surface area contributed by atoms with E-state index in [1.807, 2.05) is 36.4 Å². The zero-order chi connectivity index (χ0) is 17.4. The predicted octanol–water partition coefficient (Wildman–Crippen LogP) is 3.00. The van der Waals surface area contributed by atoms with Crippen LogP contribution in [0.3, 0.4) is 0 Å². The summed E-state index contributed by atoms with van der Waals surface area (Å²) in [5.74, 6) is -1.06. The van der Waals surface area contributed by atoms with E-state index in [0.29, 0.717) is 11.1 Å². The number of rotatable bonds is 6. The Labute approximate surface area is 139 Å². The van der Waals surface area contributed by atoms with Crippen molar-refractivity contribution in [2.75, 3.05) is 0 Å². The van der Waals surface area contributed by atoms with E-state index in [0.717, 1.165) is 5.56 Å². The van der Waals surface area contributed by atoms with Gasteiger partial charge in [0.1, 0.15) is 6.61 Å². The Bertz CT molecular complexity index is 753. The van der Waals surface area contributed by atoms with Crippen molar-refractivity contribution in [3.05, 3.63) is 71.3 Å². The zero-order valence-electron chi connectivity index (χ0n) is 12.8. The third kappa shape index (κ3) is 5.14. The number of ether oxygens (including phenoxy) is 1. The second kappa shape index (κ2) is 8.34. The maximum absolute atomic E-state index is 11.9. The summed E-state index contributed by atoms with van der Waals surface area (Å²) in [6, 6.07) is 16.8. The number of hydrogen-bond acceptors (Lipinski definition) is 4. The molecule has 6 nitrogen and oxygen atoms in total. The van der Waals surface area contributed by atoms with Crippen molar-refractivity contribution in [1.29, 1.82) is 5.26 Å². The highest BCUT2D eigenvalue weighted by atomic mass is 16.5. The molecule has 0 spiro atoms. The van der Waals surface area contributed by atoms with Gasteiger partial charge in [0.2, 0.25) is 0 Å². The Morgan fingerprint density at radius 2 is 1.92 bits per heavy atom. The molecule has 0 heterocycles. The third-order valence-corrected chi connectivity index (χ3v) is 3.30. The molecular weight excluding hydrogens is 308 g/mol. The summed E-state index contributed by atoms with van der Waals surface area (Å²) >= 11 is 0. The van der Waals surface area contributed by atoms with Crippen LogP contribution in [0.5, 0.6) is 0 Å². The first kappa shape index (κ1) is 17.0. The van der Waals surface area contributed by atoms with Crippen molar-refractivity contribution in [1.82, 2.24) is 5.32 Å². The van der Waals surface area contributed by atoms with Crippen molar-refractivity contribution in [3.8, 4) is 6.07 Å². The average molecular weight is 324 g/mol. The minimum absolute atomic E-state index is 0.0880. The van der Waals surface area contributed by atoms with Gasteiger partial charge in [-0.3, -0.25) is 4.79 Å². The van der Waals surface area contributed by atoms with Crippen LogP contribution >= 0.6 is 0 Å². The Morgan fingerprint density at radius 1 is 1.17 bits per heavy atom. The first-order chi connectivity index (χ1) is 11.6. The molecule has 0 aliphatic carbocycles. The summed E-state index contributed by atoms with van der Waals surface area (Å²) in [6.45, 7) is 0.0880. The molecule has 2 aromatic rings. The minimum atomic E-state index is -1.06. The van der Waals surface area contributed by atoms with E-state index in [4.69, 9.17) is 15.1 Å². The van der Waals surface area contributed by atoms with Gasteiger partial charge in [0.15, 0.2) is 0 Å². The Hall–Kier alpha value is -3.33. The lowest BCUT2D eigenvalue weighted by molar-refractivity contribution is -0.137. The van der Waals surface area contributed by atoms with Gasteiger partial charge in [-0.15, -0.1) is 0 Å². The van der Waals surface area contributed by atoms with Crippen LogP contribution in [0.4, 0.5) is 4.79 Å². The second-order valence-electron chi connectivity index (χ2n) is 5.09. The fourth-order valence-corrected chi connectivity index (χ4v) is 2.16. The van der Waals surface area contributed by atoms with Crippen molar-refractivity contribution in [2.45, 2.75) is 19.1 Å². The highest BCUT2D eigenvalue weighted by molar-refractivity contribution is 5.72. The number of carboxylic acids is 1. The number of amides is 1. The van der Waals surface area contributed by atoms with E-state index in [9.17, 15) is 9.59 Å². The van der Waals surface area contributed by atoms with E-state index >= 15 is 0 Å². The van der Waals surface area contributed by atoms with Crippen molar-refractivity contribution in [2.24, 2.45) is 0 Å². The number of nitrogens with one attached hydrogen (secondary N) is 1. The lowest BCUT2D eigenvalue weighted by Crippen LogP contribution is -2.30. The minimum Gasteiger partial charge on any atom is -0.481 e. The van der Waals surface area contributed by atoms with Gasteiger partial charge in [0, 0.05) is 0 Å². The monoisotopic (exact) mass is 324 g/mol. The van der Waals surface area contributed by atoms with E-state index in [2.05, 4.69) is 5.32 Å². The van der Waals surface area contributed by atoms with Gasteiger partial charge in [-0.05, 0) is 23.3 Å². The van der Waals surface area contributed by atoms with Crippen LogP contribution in [-0.4, -0.2) is 17.2 Å². The molecule has 0 aliphatic heterocycles. The number of carbonyl (C=O) groups is 2. The van der Waals surface area contributed by atoms with Gasteiger partial charge in [-0.1, -0.05) is 42.5 Å². The van der Waals surface area contributed by atoms with Gasteiger partial charge in [-0.2, -0.15) is 5.26 Å². The van der Waals surface area contributed by atoms with Crippen molar-refractivity contribution < 1.29 is 19.4 Å². The van der Waals surface area contributed by atoms with Crippen LogP contribution in [0.15, 0.2) is 54.6 Å². The summed E-state index contributed by atoms with van der Waals surface area (Å²) in [7, 11) is 0. The summed E-state index contributed by atoms with van der Waals surface area (Å²) < 4.78 is 5.11. The molecule has 1 amide bonds. The van der Waals surface area contributed by atoms with Gasteiger partial charge in [0.05, 0.1) is 24.1 Å². The summed E-state index contributed by atoms with van der Waals surface area (Å²) in [6.07, 6.45) is -1.03. The van der Waals surface area contributed by atoms with Crippen LogP contribution in [0.2, 0.25) is 0 Å². The van der Waals surface area contributed by atoms with E-state index < -0.39 is 18.1 Å². The number of nitriles is 1. The number of carbonyl (C=O) groups excluding carboxylic acids is 1. The quantitative estimate of drug-likeness (QED) is 0.851. The maximum Gasteiger partial charge on any atom is 0.407 e. The largest absolute Gasteiger partial charge is 0.481 e. The molecule has 122 valence electrons. The number of hydrogen-bond donors (Lipinski definition) is 2. The predicted molar refractivity (Wildman–Crippen MR) is 85.9 cm³/mol. The van der Waals surface area contributed by atoms with Gasteiger partial charge in [-0.25, -0.2) is 4.79 Å². The third-order valence-electron chi connectivity index (χ3n) is 3.30. The Morgan fingerprint density at radius 3 is 2.58 bits per heavy atom. The van der Waals surface area contributed by atoms with Crippen LogP contribution in [0, 0.1) is 11.3 Å². The van der Waals surface area contributed by atoms with E-state index in [1.54, 1.807) is 24.3 Å². The summed E-state index contributed by atoms with van der Waals surface area (Å²) in [4.78, 5) is 23.0. The van der Waals surface area contributed by atoms with Gasteiger partial charge >= 0.3 is 12.1 Å². The Balaban J connectivity index is 2.03. The number of nitrogens with zero attached hydrogens (tertiary/aromatic N) is 1. The number of aliphatic carboxylic acids is 1. The molecule has 6 heteroatoms. The summed E-state index contributed by atoms with van der Waals surface area (Å²) in [5, 5.41) is 20.5. The average Bonchev–Trinajstić information content (AvgIpc) is 2.60. The van der Waals surface area contributed by atoms with Crippen LogP contribution in [0.1, 0.15) is 29.2 Å². The van der Waals surface area contributed by atoms with E-state index in [1.165, 1.54) is 0 Å². The molecule has 0 fully saturated rings. The molecule has 2 rings (SSSR count). The Kier molecular flexibility index (Phi) is 5.92. The number of benzene rings is 2.